The van der Waals surface area contributed by atoms with E-state index >= 15 is 0 Å². The molecular formula is C37H56N2O3S2. The molecule has 2 unspecified atom stereocenters. The van der Waals surface area contributed by atoms with E-state index in [4.69, 9.17) is 0 Å². The molecule has 2 rings (SSSR count). The molecule has 2 atom stereocenters. The number of carbonyl (C=O) groups excluding carboxylic acids is 3. The summed E-state index contributed by atoms with van der Waals surface area (Å²) in [4.78, 5) is 37.6. The van der Waals surface area contributed by atoms with E-state index in [1.165, 1.54) is 77.0 Å². The van der Waals surface area contributed by atoms with Crippen LogP contribution in [0.1, 0.15) is 145 Å². The van der Waals surface area contributed by atoms with Gasteiger partial charge in [0, 0.05) is 35.3 Å². The Kier molecular flexibility index (Phi) is 20.0. The van der Waals surface area contributed by atoms with Crippen LogP contribution >= 0.6 is 25.3 Å². The maximum absolute atomic E-state index is 13.0. The van der Waals surface area contributed by atoms with Crippen molar-refractivity contribution in [3.05, 3.63) is 59.7 Å². The van der Waals surface area contributed by atoms with Crippen LogP contribution in [-0.4, -0.2) is 28.1 Å². The van der Waals surface area contributed by atoms with Crippen LogP contribution < -0.4 is 10.6 Å². The third-order valence-corrected chi connectivity index (χ3v) is 8.43. The number of unbranched alkanes of at least 4 members (excludes halogenated alkanes) is 12. The highest BCUT2D eigenvalue weighted by molar-refractivity contribution is 7.81. The molecule has 5 nitrogen and oxygen atoms in total. The number of ketones is 1. The normalized spacial score (nSPS) is 12.5. The fourth-order valence-corrected chi connectivity index (χ4v) is 5.61. The topological polar surface area (TPSA) is 75.3 Å². The van der Waals surface area contributed by atoms with Gasteiger partial charge in [0.05, 0.1) is 0 Å². The Morgan fingerprint density at radius 3 is 1.11 bits per heavy atom. The van der Waals surface area contributed by atoms with Crippen molar-refractivity contribution >= 4 is 54.2 Å². The summed E-state index contributed by atoms with van der Waals surface area (Å²) >= 11 is 8.84. The number of nitrogens with one attached hydrogen (secondary N) is 2. The summed E-state index contributed by atoms with van der Waals surface area (Å²) < 4.78 is 0. The van der Waals surface area contributed by atoms with Gasteiger partial charge in [-0.05, 0) is 84.7 Å². The third kappa shape index (κ3) is 17.9. The first-order valence-electron chi connectivity index (χ1n) is 16.9. The van der Waals surface area contributed by atoms with Crippen molar-refractivity contribution in [3.63, 3.8) is 0 Å². The Balaban J connectivity index is 1.61. The van der Waals surface area contributed by atoms with Gasteiger partial charge < -0.3 is 10.6 Å². The summed E-state index contributed by atoms with van der Waals surface area (Å²) in [6.45, 7) is 4.29. The molecule has 0 aliphatic rings. The fourth-order valence-electron chi connectivity index (χ4n) is 5.24. The Hall–Kier alpha value is -2.25. The van der Waals surface area contributed by atoms with Crippen molar-refractivity contribution in [2.45, 2.75) is 140 Å². The largest absolute Gasteiger partial charge is 0.326 e. The fraction of sp³-hybridized carbons (Fsp3) is 0.595. The molecule has 0 saturated carbocycles. The minimum atomic E-state index is -0.0963. The molecule has 0 fully saturated rings. The summed E-state index contributed by atoms with van der Waals surface area (Å²) in [6.07, 6.45) is 19.7. The van der Waals surface area contributed by atoms with Crippen molar-refractivity contribution in [3.8, 4) is 0 Å². The van der Waals surface area contributed by atoms with E-state index in [1.54, 1.807) is 48.5 Å². The molecule has 0 aliphatic heterocycles. The zero-order chi connectivity index (χ0) is 32.0. The number of anilines is 2. The Morgan fingerprint density at radius 2 is 0.795 bits per heavy atom. The van der Waals surface area contributed by atoms with E-state index < -0.39 is 0 Å². The van der Waals surface area contributed by atoms with Crippen molar-refractivity contribution in [1.29, 1.82) is 0 Å². The Labute approximate surface area is 278 Å². The highest BCUT2D eigenvalue weighted by atomic mass is 32.1. The maximum atomic E-state index is 13.0. The second kappa shape index (κ2) is 23.1. The van der Waals surface area contributed by atoms with Gasteiger partial charge >= 0.3 is 0 Å². The lowest BCUT2D eigenvalue weighted by Gasteiger charge is -2.08. The molecule has 0 aromatic heterocycles. The van der Waals surface area contributed by atoms with E-state index in [2.05, 4.69) is 49.7 Å². The Bertz CT molecular complexity index is 999. The number of benzene rings is 2. The third-order valence-electron chi connectivity index (χ3n) is 7.91. The van der Waals surface area contributed by atoms with Crippen LogP contribution in [0.4, 0.5) is 11.4 Å². The average Bonchev–Trinajstić information content (AvgIpc) is 2.99. The van der Waals surface area contributed by atoms with E-state index in [-0.39, 0.29) is 17.6 Å². The lowest BCUT2D eigenvalue weighted by Crippen LogP contribution is -2.12. The van der Waals surface area contributed by atoms with Crippen molar-refractivity contribution in [2.24, 2.45) is 0 Å². The van der Waals surface area contributed by atoms with Crippen LogP contribution in [0.2, 0.25) is 0 Å². The number of thiol groups is 2. The smallest absolute Gasteiger partial charge is 0.224 e. The summed E-state index contributed by atoms with van der Waals surface area (Å²) in [5.41, 5.74) is 2.50. The van der Waals surface area contributed by atoms with Crippen LogP contribution in [0.5, 0.6) is 0 Å². The quantitative estimate of drug-likeness (QED) is 0.0524. The molecule has 7 heteroatoms. The molecular weight excluding hydrogens is 585 g/mol. The molecule has 2 amide bonds. The van der Waals surface area contributed by atoms with E-state index in [1.807, 2.05) is 0 Å². The van der Waals surface area contributed by atoms with Crippen LogP contribution in [0.25, 0.3) is 0 Å². The molecule has 0 bridgehead atoms. The van der Waals surface area contributed by atoms with Gasteiger partial charge in [0.2, 0.25) is 11.8 Å². The van der Waals surface area contributed by atoms with Crippen LogP contribution in [0.3, 0.4) is 0 Å². The number of hydrogen-bond donors (Lipinski definition) is 4. The summed E-state index contributed by atoms with van der Waals surface area (Å²) in [5.74, 6) is -0.0783. The van der Waals surface area contributed by atoms with Crippen LogP contribution in [-0.2, 0) is 9.59 Å². The van der Waals surface area contributed by atoms with Crippen molar-refractivity contribution in [1.82, 2.24) is 0 Å². The highest BCUT2D eigenvalue weighted by Gasteiger charge is 2.11. The van der Waals surface area contributed by atoms with Gasteiger partial charge in [-0.3, -0.25) is 14.4 Å². The van der Waals surface area contributed by atoms with Gasteiger partial charge in [0.25, 0.3) is 0 Å². The monoisotopic (exact) mass is 640 g/mol. The molecule has 2 N–H and O–H groups in total. The summed E-state index contributed by atoms with van der Waals surface area (Å²) in [7, 11) is 0. The summed E-state index contributed by atoms with van der Waals surface area (Å²) in [6, 6.07) is 14.1. The SMILES string of the molecule is CC(S)CCCCCCCCCC(=O)Nc1ccc(C(=O)c2ccc(NC(=O)CCCCCCCCCC(C)S)cc2)cc1. The second-order valence-electron chi connectivity index (χ2n) is 12.3. The average molecular weight is 641 g/mol. The molecule has 0 saturated heterocycles. The lowest BCUT2D eigenvalue weighted by molar-refractivity contribution is -0.117. The van der Waals surface area contributed by atoms with Gasteiger partial charge in [-0.1, -0.05) is 90.9 Å². The first-order chi connectivity index (χ1) is 21.2. The van der Waals surface area contributed by atoms with Gasteiger partial charge in [-0.15, -0.1) is 0 Å². The van der Waals surface area contributed by atoms with Gasteiger partial charge in [0.1, 0.15) is 0 Å². The molecule has 0 radical (unpaired) electrons. The van der Waals surface area contributed by atoms with Crippen molar-refractivity contribution < 1.29 is 14.4 Å². The molecule has 2 aromatic rings. The summed E-state index contributed by atoms with van der Waals surface area (Å²) in [5, 5.41) is 6.86. The highest BCUT2D eigenvalue weighted by Crippen LogP contribution is 2.18. The number of carbonyl (C=O) groups is 3. The van der Waals surface area contributed by atoms with E-state index in [0.717, 1.165) is 25.7 Å². The standard InChI is InChI=1S/C37H56N2O3S2/c1-29(43)17-13-9-5-3-7-11-15-19-35(40)38-33-25-21-31(22-26-33)37(42)32-23-27-34(28-24-32)39-36(41)20-16-12-8-4-6-10-14-18-30(2)44/h21-30,43-44H,3-20H2,1-2H3,(H,38,40)(H,39,41). The zero-order valence-electron chi connectivity index (χ0n) is 27.1. The maximum Gasteiger partial charge on any atom is 0.224 e. The number of rotatable bonds is 24. The first kappa shape index (κ1) is 37.9. The van der Waals surface area contributed by atoms with Gasteiger partial charge in [0.15, 0.2) is 5.78 Å². The van der Waals surface area contributed by atoms with Crippen LogP contribution in [0, 0.1) is 0 Å². The van der Waals surface area contributed by atoms with Gasteiger partial charge in [-0.2, -0.15) is 25.3 Å². The minimum absolute atomic E-state index is 0.00899. The molecule has 0 heterocycles. The first-order valence-corrected chi connectivity index (χ1v) is 18.0. The second-order valence-corrected chi connectivity index (χ2v) is 14.1. The molecule has 0 aliphatic carbocycles. The Morgan fingerprint density at radius 1 is 0.500 bits per heavy atom. The lowest BCUT2D eigenvalue weighted by atomic mass is 10.0. The van der Waals surface area contributed by atoms with E-state index in [9.17, 15) is 14.4 Å². The predicted octanol–water partition coefficient (Wildman–Crippen LogP) is 10.5. The minimum Gasteiger partial charge on any atom is -0.326 e. The van der Waals surface area contributed by atoms with Crippen LogP contribution in [0.15, 0.2) is 48.5 Å². The molecule has 2 aromatic carbocycles. The molecule has 44 heavy (non-hydrogen) atoms. The number of hydrogen-bond acceptors (Lipinski definition) is 5. The van der Waals surface area contributed by atoms with Gasteiger partial charge in [-0.25, -0.2) is 0 Å². The molecule has 0 spiro atoms. The van der Waals surface area contributed by atoms with Crippen molar-refractivity contribution in [2.75, 3.05) is 10.6 Å². The predicted molar refractivity (Wildman–Crippen MR) is 194 cm³/mol. The molecule has 244 valence electrons. The zero-order valence-corrected chi connectivity index (χ0v) is 28.9. The van der Waals surface area contributed by atoms with E-state index in [0.29, 0.717) is 45.8 Å². The number of amides is 2.